The molecule has 3 nitrogen and oxygen atoms in total. The number of methoxy groups -OCH3 is 1. The zero-order valence-corrected chi connectivity index (χ0v) is 8.41. The van der Waals surface area contributed by atoms with Crippen molar-refractivity contribution in [3.63, 3.8) is 0 Å². The van der Waals surface area contributed by atoms with Crippen LogP contribution < -0.4 is 4.90 Å². The van der Waals surface area contributed by atoms with Crippen molar-refractivity contribution in [2.75, 3.05) is 25.6 Å². The van der Waals surface area contributed by atoms with Crippen molar-refractivity contribution < 1.29 is 9.53 Å². The Labute approximate surface area is 83.3 Å². The molecular formula is C11H13NO2. The predicted molar refractivity (Wildman–Crippen MR) is 54.8 cm³/mol. The standard InChI is InChI=1S/C11H13NO2/c1-12-7-6-8-9(11(13)14-2)4-3-5-10(8)12/h3-5H,6-7H2,1-2H3. The maximum absolute atomic E-state index is 11.4. The molecule has 0 atom stereocenters. The second-order valence-electron chi connectivity index (χ2n) is 3.47. The summed E-state index contributed by atoms with van der Waals surface area (Å²) in [4.78, 5) is 13.6. The summed E-state index contributed by atoms with van der Waals surface area (Å²) in [5.41, 5.74) is 2.96. The van der Waals surface area contributed by atoms with E-state index in [0.717, 1.165) is 24.2 Å². The molecule has 1 aromatic rings. The first kappa shape index (κ1) is 9.06. The number of anilines is 1. The van der Waals surface area contributed by atoms with Gasteiger partial charge in [-0.15, -0.1) is 0 Å². The van der Waals surface area contributed by atoms with Crippen LogP contribution in [0, 0.1) is 0 Å². The highest BCUT2D eigenvalue weighted by molar-refractivity contribution is 5.93. The van der Waals surface area contributed by atoms with Gasteiger partial charge in [0.05, 0.1) is 12.7 Å². The fourth-order valence-corrected chi connectivity index (χ4v) is 1.90. The molecule has 1 heterocycles. The van der Waals surface area contributed by atoms with Crippen LogP contribution in [0.5, 0.6) is 0 Å². The molecule has 0 saturated carbocycles. The van der Waals surface area contributed by atoms with Crippen LogP contribution in [-0.4, -0.2) is 26.7 Å². The van der Waals surface area contributed by atoms with Crippen LogP contribution in [0.1, 0.15) is 15.9 Å². The molecule has 14 heavy (non-hydrogen) atoms. The summed E-state index contributed by atoms with van der Waals surface area (Å²) in [6, 6.07) is 5.76. The molecule has 2 rings (SSSR count). The van der Waals surface area contributed by atoms with Gasteiger partial charge in [-0.3, -0.25) is 0 Å². The van der Waals surface area contributed by atoms with E-state index in [9.17, 15) is 4.79 Å². The lowest BCUT2D eigenvalue weighted by molar-refractivity contribution is 0.0600. The fraction of sp³-hybridized carbons (Fsp3) is 0.364. The smallest absolute Gasteiger partial charge is 0.338 e. The lowest BCUT2D eigenvalue weighted by Gasteiger charge is -2.12. The third kappa shape index (κ3) is 1.25. The lowest BCUT2D eigenvalue weighted by Crippen LogP contribution is -2.12. The maximum atomic E-state index is 11.4. The Bertz CT molecular complexity index is 374. The van der Waals surface area contributed by atoms with E-state index in [1.807, 2.05) is 25.2 Å². The van der Waals surface area contributed by atoms with E-state index in [4.69, 9.17) is 4.74 Å². The highest BCUT2D eigenvalue weighted by Crippen LogP contribution is 2.29. The quantitative estimate of drug-likeness (QED) is 0.629. The molecule has 0 spiro atoms. The van der Waals surface area contributed by atoms with Crippen LogP contribution in [0.3, 0.4) is 0 Å². The first-order valence-corrected chi connectivity index (χ1v) is 4.65. The minimum absolute atomic E-state index is 0.239. The molecule has 0 aromatic heterocycles. The zero-order valence-electron chi connectivity index (χ0n) is 8.41. The lowest BCUT2D eigenvalue weighted by atomic mass is 10.1. The molecule has 0 amide bonds. The normalized spacial score (nSPS) is 14.0. The average molecular weight is 191 g/mol. The average Bonchev–Trinajstić information content (AvgIpc) is 2.59. The molecular weight excluding hydrogens is 178 g/mol. The molecule has 0 aliphatic carbocycles. The Morgan fingerprint density at radius 1 is 1.50 bits per heavy atom. The summed E-state index contributed by atoms with van der Waals surface area (Å²) in [5, 5.41) is 0. The SMILES string of the molecule is COC(=O)c1cccc2c1CCN2C. The van der Waals surface area contributed by atoms with E-state index < -0.39 is 0 Å². The van der Waals surface area contributed by atoms with Gasteiger partial charge in [-0.05, 0) is 24.1 Å². The van der Waals surface area contributed by atoms with Crippen molar-refractivity contribution >= 4 is 11.7 Å². The van der Waals surface area contributed by atoms with Gasteiger partial charge in [-0.25, -0.2) is 4.79 Å². The minimum Gasteiger partial charge on any atom is -0.465 e. The maximum Gasteiger partial charge on any atom is 0.338 e. The van der Waals surface area contributed by atoms with Crippen molar-refractivity contribution in [2.24, 2.45) is 0 Å². The summed E-state index contributed by atoms with van der Waals surface area (Å²) in [6.07, 6.45) is 0.928. The molecule has 74 valence electrons. The Kier molecular flexibility index (Phi) is 2.15. The van der Waals surface area contributed by atoms with Crippen LogP contribution in [0.15, 0.2) is 18.2 Å². The molecule has 0 fully saturated rings. The van der Waals surface area contributed by atoms with E-state index >= 15 is 0 Å². The van der Waals surface area contributed by atoms with E-state index in [0.29, 0.717) is 5.56 Å². The minimum atomic E-state index is -0.239. The van der Waals surface area contributed by atoms with Gasteiger partial charge in [0.2, 0.25) is 0 Å². The van der Waals surface area contributed by atoms with Crippen LogP contribution in [-0.2, 0) is 11.2 Å². The van der Waals surface area contributed by atoms with Gasteiger partial charge in [0.15, 0.2) is 0 Å². The molecule has 1 aliphatic heterocycles. The number of nitrogens with zero attached hydrogens (tertiary/aromatic N) is 1. The van der Waals surface area contributed by atoms with Gasteiger partial charge in [-0.2, -0.15) is 0 Å². The van der Waals surface area contributed by atoms with E-state index in [1.54, 1.807) is 0 Å². The molecule has 1 aliphatic rings. The Balaban J connectivity index is 2.49. The van der Waals surface area contributed by atoms with Crippen molar-refractivity contribution in [1.82, 2.24) is 0 Å². The van der Waals surface area contributed by atoms with Gasteiger partial charge < -0.3 is 9.64 Å². The highest BCUT2D eigenvalue weighted by Gasteiger charge is 2.21. The first-order chi connectivity index (χ1) is 6.74. The van der Waals surface area contributed by atoms with Crippen LogP contribution in [0.2, 0.25) is 0 Å². The zero-order chi connectivity index (χ0) is 10.1. The van der Waals surface area contributed by atoms with Crippen molar-refractivity contribution in [3.05, 3.63) is 29.3 Å². The topological polar surface area (TPSA) is 29.5 Å². The Hall–Kier alpha value is -1.51. The third-order valence-corrected chi connectivity index (χ3v) is 2.67. The van der Waals surface area contributed by atoms with Gasteiger partial charge in [0.25, 0.3) is 0 Å². The fourth-order valence-electron chi connectivity index (χ4n) is 1.90. The van der Waals surface area contributed by atoms with Crippen molar-refractivity contribution in [2.45, 2.75) is 6.42 Å². The number of benzene rings is 1. The first-order valence-electron chi connectivity index (χ1n) is 4.65. The highest BCUT2D eigenvalue weighted by atomic mass is 16.5. The van der Waals surface area contributed by atoms with Crippen LogP contribution in [0.25, 0.3) is 0 Å². The molecule has 1 aromatic carbocycles. The molecule has 0 N–H and O–H groups in total. The summed E-state index contributed by atoms with van der Waals surface area (Å²) in [6.45, 7) is 0.976. The largest absolute Gasteiger partial charge is 0.465 e. The number of esters is 1. The Morgan fingerprint density at radius 2 is 2.29 bits per heavy atom. The predicted octanol–water partition coefficient (Wildman–Crippen LogP) is 1.47. The van der Waals surface area contributed by atoms with Gasteiger partial charge in [0.1, 0.15) is 0 Å². The van der Waals surface area contributed by atoms with Crippen molar-refractivity contribution in [3.8, 4) is 0 Å². The third-order valence-electron chi connectivity index (χ3n) is 2.67. The van der Waals surface area contributed by atoms with E-state index in [2.05, 4.69) is 4.90 Å². The van der Waals surface area contributed by atoms with Gasteiger partial charge in [0, 0.05) is 19.3 Å². The second-order valence-corrected chi connectivity index (χ2v) is 3.47. The van der Waals surface area contributed by atoms with E-state index in [-0.39, 0.29) is 5.97 Å². The number of likely N-dealkylation sites (N-methyl/N-ethyl adjacent to an activating group) is 1. The molecule has 0 radical (unpaired) electrons. The van der Waals surface area contributed by atoms with Crippen LogP contribution in [0.4, 0.5) is 5.69 Å². The van der Waals surface area contributed by atoms with Crippen molar-refractivity contribution in [1.29, 1.82) is 0 Å². The van der Waals surface area contributed by atoms with Gasteiger partial charge in [-0.1, -0.05) is 6.07 Å². The number of fused-ring (bicyclic) bond motifs is 1. The molecule has 0 bridgehead atoms. The molecule has 0 unspecified atom stereocenters. The molecule has 3 heteroatoms. The number of carbonyl (C=O) groups excluding carboxylic acids is 1. The second kappa shape index (κ2) is 3.33. The number of rotatable bonds is 1. The summed E-state index contributed by atoms with van der Waals surface area (Å²) in [5.74, 6) is -0.239. The monoisotopic (exact) mass is 191 g/mol. The number of ether oxygens (including phenoxy) is 1. The van der Waals surface area contributed by atoms with Crippen LogP contribution >= 0.6 is 0 Å². The van der Waals surface area contributed by atoms with Gasteiger partial charge >= 0.3 is 5.97 Å². The molecule has 0 saturated heterocycles. The number of hydrogen-bond acceptors (Lipinski definition) is 3. The summed E-state index contributed by atoms with van der Waals surface area (Å²) < 4.78 is 4.74. The summed E-state index contributed by atoms with van der Waals surface area (Å²) in [7, 11) is 3.45. The Morgan fingerprint density at radius 3 is 3.00 bits per heavy atom. The number of carbonyl (C=O) groups is 1. The van der Waals surface area contributed by atoms with E-state index in [1.165, 1.54) is 7.11 Å². The summed E-state index contributed by atoms with van der Waals surface area (Å²) >= 11 is 0. The number of hydrogen-bond donors (Lipinski definition) is 0.